The maximum absolute atomic E-state index is 13.5. The third-order valence-electron chi connectivity index (χ3n) is 6.58. The van der Waals surface area contributed by atoms with Gasteiger partial charge in [0.25, 0.3) is 11.5 Å². The number of fused-ring (bicyclic) bond motifs is 3. The van der Waals surface area contributed by atoms with Crippen LogP contribution in [0.4, 0.5) is 5.00 Å². The molecule has 1 aliphatic carbocycles. The Bertz CT molecular complexity index is 1680. The number of carbonyl (C=O) groups is 2. The number of carbonyl (C=O) groups excluding carboxylic acids is 2. The van der Waals surface area contributed by atoms with Crippen LogP contribution < -0.4 is 16.4 Å². The second-order valence-electron chi connectivity index (χ2n) is 8.91. The molecule has 10 nitrogen and oxygen atoms in total. The molecule has 1 aliphatic rings. The number of aliphatic hydroxyl groups excluding tert-OH is 1. The quantitative estimate of drug-likeness (QED) is 0.263. The summed E-state index contributed by atoms with van der Waals surface area (Å²) in [7, 11) is 0. The smallest absolute Gasteiger partial charge is 0.341 e. The van der Waals surface area contributed by atoms with Crippen LogP contribution in [-0.2, 0) is 24.1 Å². The Labute approximate surface area is 215 Å². The minimum atomic E-state index is -0.628. The monoisotopic (exact) mass is 521 g/mol. The standard InChI is InChI=1S/C26H27N5O5S/c1-3-36-26(35)19-15-8-4-5-9-18(15)37-24(19)29-23(33)16-13-17-22(30(11-12-32)20(16)27)28-21-14(2)7-6-10-31(21)25(17)34/h6-7,10,13,27,32H,3-5,8-9,11-12H2,1-2H3,(H,29,33). The van der Waals surface area contributed by atoms with Crippen molar-refractivity contribution < 1.29 is 19.4 Å². The van der Waals surface area contributed by atoms with Crippen molar-refractivity contribution >= 4 is 44.9 Å². The van der Waals surface area contributed by atoms with Gasteiger partial charge in [0.1, 0.15) is 21.8 Å². The van der Waals surface area contributed by atoms with Crippen molar-refractivity contribution in [3.63, 3.8) is 0 Å². The van der Waals surface area contributed by atoms with Gasteiger partial charge in [0.05, 0.1) is 29.7 Å². The number of pyridine rings is 2. The molecule has 3 N–H and O–H groups in total. The molecule has 11 heteroatoms. The maximum atomic E-state index is 13.5. The van der Waals surface area contributed by atoms with E-state index in [1.54, 1.807) is 19.2 Å². The van der Waals surface area contributed by atoms with Crippen LogP contribution in [-0.4, -0.2) is 44.1 Å². The third kappa shape index (κ3) is 4.23. The van der Waals surface area contributed by atoms with E-state index in [2.05, 4.69) is 10.3 Å². The number of thiophene rings is 1. The van der Waals surface area contributed by atoms with Crippen molar-refractivity contribution in [1.29, 1.82) is 5.41 Å². The van der Waals surface area contributed by atoms with Gasteiger partial charge >= 0.3 is 5.97 Å². The molecule has 1 amide bonds. The minimum Gasteiger partial charge on any atom is -0.462 e. The number of aryl methyl sites for hydroxylation is 2. The van der Waals surface area contributed by atoms with E-state index in [0.717, 1.165) is 41.7 Å². The summed E-state index contributed by atoms with van der Waals surface area (Å²) in [6.07, 6.45) is 5.13. The maximum Gasteiger partial charge on any atom is 0.341 e. The van der Waals surface area contributed by atoms with Crippen molar-refractivity contribution in [1.82, 2.24) is 14.0 Å². The van der Waals surface area contributed by atoms with E-state index in [1.165, 1.54) is 26.4 Å². The molecule has 0 atom stereocenters. The Morgan fingerprint density at radius 2 is 2.05 bits per heavy atom. The number of ether oxygens (including phenoxy) is 1. The van der Waals surface area contributed by atoms with E-state index in [1.807, 2.05) is 13.0 Å². The first kappa shape index (κ1) is 24.8. The largest absolute Gasteiger partial charge is 0.462 e. The van der Waals surface area contributed by atoms with E-state index in [9.17, 15) is 19.5 Å². The van der Waals surface area contributed by atoms with Gasteiger partial charge in [-0.05, 0) is 62.8 Å². The summed E-state index contributed by atoms with van der Waals surface area (Å²) < 4.78 is 8.04. The second-order valence-corrected chi connectivity index (χ2v) is 10.0. The van der Waals surface area contributed by atoms with Crippen molar-refractivity contribution in [3.05, 3.63) is 67.4 Å². The number of amides is 1. The minimum absolute atomic E-state index is 0.0215. The zero-order valence-electron chi connectivity index (χ0n) is 20.6. The molecule has 0 aliphatic heterocycles. The highest BCUT2D eigenvalue weighted by atomic mass is 32.1. The van der Waals surface area contributed by atoms with Crippen molar-refractivity contribution in [2.24, 2.45) is 0 Å². The van der Waals surface area contributed by atoms with E-state index in [-0.39, 0.29) is 47.4 Å². The molecule has 0 saturated carbocycles. The molecule has 4 aromatic rings. The molecule has 0 bridgehead atoms. The fraction of sp³-hybridized carbons (Fsp3) is 0.346. The van der Waals surface area contributed by atoms with Crippen molar-refractivity contribution in [2.45, 2.75) is 46.1 Å². The SMILES string of the molecule is CCOC(=O)c1c(NC(=O)c2cc3c(=O)n4cccc(C)c4nc3n(CCO)c2=N)sc2c1CCCC2. The predicted octanol–water partition coefficient (Wildman–Crippen LogP) is 2.80. The second kappa shape index (κ2) is 9.91. The molecular weight excluding hydrogens is 494 g/mol. The zero-order valence-corrected chi connectivity index (χ0v) is 21.4. The molecule has 4 heterocycles. The number of nitrogens with one attached hydrogen (secondary N) is 2. The first-order chi connectivity index (χ1) is 17.8. The molecule has 0 aromatic carbocycles. The van der Waals surface area contributed by atoms with Crippen LogP contribution in [0, 0.1) is 12.3 Å². The van der Waals surface area contributed by atoms with Gasteiger partial charge in [-0.25, -0.2) is 9.78 Å². The van der Waals surface area contributed by atoms with Gasteiger partial charge in [-0.2, -0.15) is 0 Å². The van der Waals surface area contributed by atoms with Gasteiger partial charge in [-0.3, -0.25) is 19.4 Å². The number of hydrogen-bond acceptors (Lipinski definition) is 8. The molecule has 4 aromatic heterocycles. The molecule has 37 heavy (non-hydrogen) atoms. The summed E-state index contributed by atoms with van der Waals surface area (Å²) >= 11 is 1.35. The number of hydrogen-bond donors (Lipinski definition) is 3. The normalized spacial score (nSPS) is 13.1. The van der Waals surface area contributed by atoms with Crippen molar-refractivity contribution in [3.8, 4) is 0 Å². The number of esters is 1. The molecule has 0 spiro atoms. The Balaban J connectivity index is 1.66. The molecule has 0 radical (unpaired) electrons. The van der Waals surface area contributed by atoms with Crippen LogP contribution in [0.3, 0.4) is 0 Å². The van der Waals surface area contributed by atoms with Gasteiger partial charge in [0.15, 0.2) is 0 Å². The molecule has 5 rings (SSSR count). The van der Waals surface area contributed by atoms with E-state index in [0.29, 0.717) is 16.2 Å². The first-order valence-electron chi connectivity index (χ1n) is 12.2. The average Bonchev–Trinajstić information content (AvgIpc) is 3.24. The van der Waals surface area contributed by atoms with Crippen LogP contribution in [0.1, 0.15) is 56.5 Å². The van der Waals surface area contributed by atoms with Crippen LogP contribution in [0.2, 0.25) is 0 Å². The molecule has 0 fully saturated rings. The van der Waals surface area contributed by atoms with Crippen LogP contribution in [0.15, 0.2) is 29.2 Å². The first-order valence-corrected chi connectivity index (χ1v) is 13.0. The fourth-order valence-electron chi connectivity index (χ4n) is 4.83. The van der Waals surface area contributed by atoms with Gasteiger partial charge < -0.3 is 19.7 Å². The molecule has 192 valence electrons. The lowest BCUT2D eigenvalue weighted by Gasteiger charge is -2.15. The Morgan fingerprint density at radius 3 is 2.81 bits per heavy atom. The summed E-state index contributed by atoms with van der Waals surface area (Å²) in [6.45, 7) is 3.44. The van der Waals surface area contributed by atoms with Crippen LogP contribution in [0.5, 0.6) is 0 Å². The lowest BCUT2D eigenvalue weighted by Crippen LogP contribution is -2.33. The third-order valence-corrected chi connectivity index (χ3v) is 7.79. The van der Waals surface area contributed by atoms with Gasteiger partial charge in [0, 0.05) is 17.6 Å². The highest BCUT2D eigenvalue weighted by molar-refractivity contribution is 7.17. The average molecular weight is 522 g/mol. The van der Waals surface area contributed by atoms with Crippen molar-refractivity contribution in [2.75, 3.05) is 18.5 Å². The predicted molar refractivity (Wildman–Crippen MR) is 140 cm³/mol. The Hall–Kier alpha value is -3.83. The van der Waals surface area contributed by atoms with Crippen LogP contribution in [0.25, 0.3) is 16.7 Å². The fourth-order valence-corrected chi connectivity index (χ4v) is 6.10. The van der Waals surface area contributed by atoms with Crippen LogP contribution >= 0.6 is 11.3 Å². The number of anilines is 1. The van der Waals surface area contributed by atoms with Gasteiger partial charge in [-0.1, -0.05) is 6.07 Å². The molecular formula is C26H27N5O5S. The van der Waals surface area contributed by atoms with E-state index in [4.69, 9.17) is 10.1 Å². The topological polar surface area (TPSA) is 139 Å². The molecule has 0 unspecified atom stereocenters. The summed E-state index contributed by atoms with van der Waals surface area (Å²) in [5.74, 6) is -1.11. The van der Waals surface area contributed by atoms with Gasteiger partial charge in [0.2, 0.25) is 0 Å². The number of rotatable bonds is 6. The molecule has 0 saturated heterocycles. The summed E-state index contributed by atoms with van der Waals surface area (Å²) in [4.78, 5) is 45.4. The van der Waals surface area contributed by atoms with E-state index < -0.39 is 11.9 Å². The highest BCUT2D eigenvalue weighted by Gasteiger charge is 2.28. The summed E-state index contributed by atoms with van der Waals surface area (Å²) in [5, 5.41) is 21.8. The number of aromatic nitrogens is 3. The summed E-state index contributed by atoms with van der Waals surface area (Å²) in [5.41, 5.74) is 2.07. The summed E-state index contributed by atoms with van der Waals surface area (Å²) in [6, 6.07) is 4.93. The lowest BCUT2D eigenvalue weighted by atomic mass is 9.95. The number of aliphatic hydroxyl groups is 1. The number of nitrogens with zero attached hydrogens (tertiary/aromatic N) is 3. The Morgan fingerprint density at radius 1 is 1.27 bits per heavy atom. The Kier molecular flexibility index (Phi) is 6.65. The zero-order chi connectivity index (χ0) is 26.3. The lowest BCUT2D eigenvalue weighted by molar-refractivity contribution is 0.0526. The van der Waals surface area contributed by atoms with Gasteiger partial charge in [-0.15, -0.1) is 11.3 Å². The highest BCUT2D eigenvalue weighted by Crippen LogP contribution is 2.38. The van der Waals surface area contributed by atoms with E-state index >= 15 is 0 Å².